The summed E-state index contributed by atoms with van der Waals surface area (Å²) in [7, 11) is 0. The number of para-hydroxylation sites is 1. The van der Waals surface area contributed by atoms with E-state index < -0.39 is 0 Å². The average molecular weight is 299 g/mol. The minimum Gasteiger partial charge on any atom is -0.507 e. The second kappa shape index (κ2) is 4.46. The highest BCUT2D eigenvalue weighted by Crippen LogP contribution is 2.36. The van der Waals surface area contributed by atoms with Gasteiger partial charge < -0.3 is 5.11 Å². The normalized spacial score (nSPS) is 10.7. The van der Waals surface area contributed by atoms with Gasteiger partial charge in [-0.1, -0.05) is 64.5 Å². The van der Waals surface area contributed by atoms with E-state index in [1.54, 1.807) is 6.07 Å². The van der Waals surface area contributed by atoms with Crippen LogP contribution in [0.3, 0.4) is 0 Å². The van der Waals surface area contributed by atoms with Gasteiger partial charge in [-0.3, -0.25) is 0 Å². The van der Waals surface area contributed by atoms with E-state index in [0.29, 0.717) is 5.75 Å². The maximum Gasteiger partial charge on any atom is 0.123 e. The molecule has 0 bridgehead atoms. The van der Waals surface area contributed by atoms with Crippen molar-refractivity contribution in [1.29, 1.82) is 0 Å². The second-order valence-corrected chi connectivity index (χ2v) is 5.01. The molecule has 2 heteroatoms. The molecule has 3 aromatic rings. The van der Waals surface area contributed by atoms with Gasteiger partial charge >= 0.3 is 0 Å². The predicted octanol–water partition coefficient (Wildman–Crippen LogP) is 4.97. The van der Waals surface area contributed by atoms with Crippen molar-refractivity contribution in [1.82, 2.24) is 0 Å². The zero-order valence-electron chi connectivity index (χ0n) is 9.60. The smallest absolute Gasteiger partial charge is 0.123 e. The first-order chi connectivity index (χ1) is 8.77. The third-order valence-electron chi connectivity index (χ3n) is 3.06. The van der Waals surface area contributed by atoms with Crippen molar-refractivity contribution in [3.8, 4) is 16.9 Å². The van der Waals surface area contributed by atoms with E-state index >= 15 is 0 Å². The van der Waals surface area contributed by atoms with Gasteiger partial charge in [0.15, 0.2) is 0 Å². The Morgan fingerprint density at radius 1 is 0.667 bits per heavy atom. The number of fused-ring (bicyclic) bond motifs is 1. The molecule has 0 atom stereocenters. The van der Waals surface area contributed by atoms with E-state index in [1.807, 2.05) is 42.5 Å². The van der Waals surface area contributed by atoms with Crippen LogP contribution in [0.2, 0.25) is 0 Å². The number of phenols is 1. The molecular weight excluding hydrogens is 288 g/mol. The standard InChI is InChI=1S/C16H11BrO/c17-15-9-4-7-11-12(6-3-8-13(11)15)14-5-1-2-10-16(14)18/h1-10,18H. The Balaban J connectivity index is 2.37. The fraction of sp³-hybridized carbons (Fsp3) is 0. The van der Waals surface area contributed by atoms with Gasteiger partial charge in [0.05, 0.1) is 0 Å². The molecule has 0 heterocycles. The molecule has 0 radical (unpaired) electrons. The highest BCUT2D eigenvalue weighted by atomic mass is 79.9. The van der Waals surface area contributed by atoms with E-state index in [0.717, 1.165) is 26.4 Å². The molecule has 1 N–H and O–H groups in total. The van der Waals surface area contributed by atoms with Crippen molar-refractivity contribution >= 4 is 26.7 Å². The zero-order chi connectivity index (χ0) is 12.5. The topological polar surface area (TPSA) is 20.2 Å². The summed E-state index contributed by atoms with van der Waals surface area (Å²) in [6.07, 6.45) is 0. The average Bonchev–Trinajstić information content (AvgIpc) is 2.40. The molecule has 0 unspecified atom stereocenters. The van der Waals surface area contributed by atoms with Crippen LogP contribution in [0.25, 0.3) is 21.9 Å². The van der Waals surface area contributed by atoms with Gasteiger partial charge in [0.2, 0.25) is 0 Å². The number of halogens is 1. The summed E-state index contributed by atoms with van der Waals surface area (Å²) in [5.74, 6) is 0.310. The first kappa shape index (κ1) is 11.3. The molecule has 0 saturated heterocycles. The summed E-state index contributed by atoms with van der Waals surface area (Å²) in [4.78, 5) is 0. The van der Waals surface area contributed by atoms with E-state index in [2.05, 4.69) is 28.1 Å². The van der Waals surface area contributed by atoms with Crippen molar-refractivity contribution in [2.24, 2.45) is 0 Å². The number of phenolic OH excluding ortho intramolecular Hbond substituents is 1. The van der Waals surface area contributed by atoms with Crippen molar-refractivity contribution in [3.63, 3.8) is 0 Å². The van der Waals surface area contributed by atoms with Gasteiger partial charge in [-0.05, 0) is 28.5 Å². The minimum absolute atomic E-state index is 0.310. The third kappa shape index (κ3) is 1.79. The number of benzene rings is 3. The molecule has 3 aromatic carbocycles. The predicted molar refractivity (Wildman–Crippen MR) is 78.7 cm³/mol. The number of rotatable bonds is 1. The Morgan fingerprint density at radius 2 is 1.33 bits per heavy atom. The molecule has 0 fully saturated rings. The quantitative estimate of drug-likeness (QED) is 0.672. The van der Waals surface area contributed by atoms with Gasteiger partial charge in [0.25, 0.3) is 0 Å². The molecule has 0 aromatic heterocycles. The Labute approximate surface area is 114 Å². The summed E-state index contributed by atoms with van der Waals surface area (Å²) in [6, 6.07) is 19.6. The van der Waals surface area contributed by atoms with Crippen LogP contribution < -0.4 is 0 Å². The van der Waals surface area contributed by atoms with Gasteiger partial charge in [-0.25, -0.2) is 0 Å². The van der Waals surface area contributed by atoms with E-state index in [1.165, 1.54) is 0 Å². The van der Waals surface area contributed by atoms with Crippen molar-refractivity contribution in [3.05, 3.63) is 65.1 Å². The van der Waals surface area contributed by atoms with Crippen LogP contribution in [0, 0.1) is 0 Å². The molecule has 0 amide bonds. The lowest BCUT2D eigenvalue weighted by Gasteiger charge is -2.09. The van der Waals surface area contributed by atoms with E-state index in [-0.39, 0.29) is 0 Å². The van der Waals surface area contributed by atoms with Crippen molar-refractivity contribution in [2.45, 2.75) is 0 Å². The van der Waals surface area contributed by atoms with Crippen LogP contribution in [-0.4, -0.2) is 5.11 Å². The van der Waals surface area contributed by atoms with Crippen LogP contribution in [0.5, 0.6) is 5.75 Å². The minimum atomic E-state index is 0.310. The molecule has 0 spiro atoms. The summed E-state index contributed by atoms with van der Waals surface area (Å²) >= 11 is 3.56. The lowest BCUT2D eigenvalue weighted by molar-refractivity contribution is 0.477. The van der Waals surface area contributed by atoms with E-state index in [4.69, 9.17) is 0 Å². The Kier molecular flexibility index (Phi) is 2.80. The van der Waals surface area contributed by atoms with Crippen molar-refractivity contribution in [2.75, 3.05) is 0 Å². The summed E-state index contributed by atoms with van der Waals surface area (Å²) in [5, 5.41) is 12.3. The first-order valence-electron chi connectivity index (χ1n) is 5.73. The Bertz CT molecular complexity index is 719. The fourth-order valence-corrected chi connectivity index (χ4v) is 2.71. The lowest BCUT2D eigenvalue weighted by Crippen LogP contribution is -1.82. The summed E-state index contributed by atoms with van der Waals surface area (Å²) in [5.41, 5.74) is 1.91. The molecule has 1 nitrogen and oxygen atoms in total. The van der Waals surface area contributed by atoms with Crippen LogP contribution in [0.4, 0.5) is 0 Å². The Hall–Kier alpha value is -1.80. The van der Waals surface area contributed by atoms with Crippen LogP contribution in [-0.2, 0) is 0 Å². The van der Waals surface area contributed by atoms with Crippen LogP contribution >= 0.6 is 15.9 Å². The molecule has 0 aliphatic rings. The van der Waals surface area contributed by atoms with Gasteiger partial charge in [-0.15, -0.1) is 0 Å². The van der Waals surface area contributed by atoms with Gasteiger partial charge in [0, 0.05) is 10.0 Å². The zero-order valence-corrected chi connectivity index (χ0v) is 11.2. The number of hydrogen-bond acceptors (Lipinski definition) is 1. The molecular formula is C16H11BrO. The lowest BCUT2D eigenvalue weighted by atomic mass is 9.98. The number of hydrogen-bond donors (Lipinski definition) is 1. The van der Waals surface area contributed by atoms with E-state index in [9.17, 15) is 5.11 Å². The largest absolute Gasteiger partial charge is 0.507 e. The highest BCUT2D eigenvalue weighted by molar-refractivity contribution is 9.10. The number of aromatic hydroxyl groups is 1. The maximum atomic E-state index is 9.98. The molecule has 0 saturated carbocycles. The summed E-state index contributed by atoms with van der Waals surface area (Å²) in [6.45, 7) is 0. The monoisotopic (exact) mass is 298 g/mol. The van der Waals surface area contributed by atoms with Crippen molar-refractivity contribution < 1.29 is 5.11 Å². The molecule has 88 valence electrons. The summed E-state index contributed by atoms with van der Waals surface area (Å²) < 4.78 is 1.07. The molecule has 3 rings (SSSR count). The fourth-order valence-electron chi connectivity index (χ4n) is 2.21. The molecule has 0 aliphatic carbocycles. The molecule has 0 aliphatic heterocycles. The SMILES string of the molecule is Oc1ccccc1-c1cccc2c(Br)cccc12. The van der Waals surface area contributed by atoms with Crippen LogP contribution in [0.1, 0.15) is 0 Å². The molecule has 18 heavy (non-hydrogen) atoms. The second-order valence-electron chi connectivity index (χ2n) is 4.16. The first-order valence-corrected chi connectivity index (χ1v) is 6.52. The van der Waals surface area contributed by atoms with Crippen LogP contribution in [0.15, 0.2) is 65.1 Å². The van der Waals surface area contributed by atoms with Gasteiger partial charge in [-0.2, -0.15) is 0 Å². The van der Waals surface area contributed by atoms with Gasteiger partial charge in [0.1, 0.15) is 5.75 Å². The highest BCUT2D eigenvalue weighted by Gasteiger charge is 2.08. The third-order valence-corrected chi connectivity index (χ3v) is 3.75. The Morgan fingerprint density at radius 3 is 2.17 bits per heavy atom. The maximum absolute atomic E-state index is 9.98.